The summed E-state index contributed by atoms with van der Waals surface area (Å²) in [5, 5.41) is 5.43. The highest BCUT2D eigenvalue weighted by molar-refractivity contribution is 6.31. The van der Waals surface area contributed by atoms with E-state index in [9.17, 15) is 13.2 Å². The van der Waals surface area contributed by atoms with Gasteiger partial charge in [0.1, 0.15) is 0 Å². The van der Waals surface area contributed by atoms with Gasteiger partial charge in [-0.15, -0.1) is 12.4 Å². The third-order valence-corrected chi connectivity index (χ3v) is 4.38. The van der Waals surface area contributed by atoms with Crippen molar-refractivity contribution in [3.63, 3.8) is 0 Å². The lowest BCUT2D eigenvalue weighted by Crippen LogP contribution is -2.22. The fourth-order valence-electron chi connectivity index (χ4n) is 2.72. The van der Waals surface area contributed by atoms with Crippen LogP contribution >= 0.6 is 24.0 Å². The molecule has 0 atom stereocenters. The van der Waals surface area contributed by atoms with Crippen LogP contribution in [0.1, 0.15) is 5.56 Å². The number of nitrogens with two attached hydrogens (primary N) is 3. The number of nitrogens with zero attached hydrogens (tertiary/aromatic N) is 2. The molecule has 12 heteroatoms. The zero-order chi connectivity index (χ0) is 23.3. The van der Waals surface area contributed by atoms with E-state index < -0.39 is 16.8 Å². The number of aliphatic imine (C=N–C) groups is 2. The quantitative estimate of drug-likeness (QED) is 0.235. The number of alkyl halides is 3. The molecule has 3 aromatic rings. The molecule has 0 aliphatic carbocycles. The van der Waals surface area contributed by atoms with Crippen molar-refractivity contribution in [2.75, 3.05) is 10.6 Å². The first kappa shape index (κ1) is 25.6. The molecule has 0 bridgehead atoms. The van der Waals surface area contributed by atoms with Crippen LogP contribution in [0.5, 0.6) is 0 Å². The smallest absolute Gasteiger partial charge is 0.370 e. The molecule has 0 fully saturated rings. The molecule has 0 aliphatic rings. The Morgan fingerprint density at radius 3 is 2.09 bits per heavy atom. The van der Waals surface area contributed by atoms with Crippen LogP contribution in [0.25, 0.3) is 0 Å². The van der Waals surface area contributed by atoms with Gasteiger partial charge in [-0.1, -0.05) is 17.7 Å². The normalized spacial score (nSPS) is 11.3. The van der Waals surface area contributed by atoms with Crippen LogP contribution in [-0.2, 0) is 6.18 Å². The van der Waals surface area contributed by atoms with Crippen LogP contribution in [0, 0.1) is 0 Å². The van der Waals surface area contributed by atoms with Gasteiger partial charge in [0.2, 0.25) is 0 Å². The van der Waals surface area contributed by atoms with Crippen LogP contribution < -0.4 is 27.8 Å². The minimum Gasteiger partial charge on any atom is -0.370 e. The minimum absolute atomic E-state index is 0. The van der Waals surface area contributed by atoms with E-state index in [1.165, 1.54) is 6.07 Å². The molecule has 0 saturated heterocycles. The monoisotopic (exact) mass is 497 g/mol. The van der Waals surface area contributed by atoms with E-state index in [2.05, 4.69) is 20.6 Å². The van der Waals surface area contributed by atoms with Gasteiger partial charge in [0, 0.05) is 17.1 Å². The summed E-state index contributed by atoms with van der Waals surface area (Å²) in [6, 6.07) is 17.5. The van der Waals surface area contributed by atoms with Crippen molar-refractivity contribution in [3.05, 3.63) is 77.3 Å². The van der Waals surface area contributed by atoms with Gasteiger partial charge in [0.15, 0.2) is 11.9 Å². The maximum absolute atomic E-state index is 13.0. The van der Waals surface area contributed by atoms with Gasteiger partial charge in [0.25, 0.3) is 0 Å². The van der Waals surface area contributed by atoms with E-state index >= 15 is 0 Å². The number of hydrogen-bond donors (Lipinski definition) is 5. The van der Waals surface area contributed by atoms with Gasteiger partial charge in [-0.2, -0.15) is 13.2 Å². The van der Waals surface area contributed by atoms with Crippen molar-refractivity contribution in [1.82, 2.24) is 0 Å². The first-order valence-corrected chi connectivity index (χ1v) is 9.53. The predicted molar refractivity (Wildman–Crippen MR) is 130 cm³/mol. The molecule has 0 aromatic heterocycles. The number of benzene rings is 3. The van der Waals surface area contributed by atoms with Crippen molar-refractivity contribution in [3.8, 4) is 0 Å². The summed E-state index contributed by atoms with van der Waals surface area (Å²) in [5.74, 6) is -0.116. The maximum Gasteiger partial charge on any atom is 0.417 e. The lowest BCUT2D eigenvalue weighted by molar-refractivity contribution is -0.137. The van der Waals surface area contributed by atoms with E-state index in [-0.39, 0.29) is 30.0 Å². The van der Waals surface area contributed by atoms with Gasteiger partial charge < -0.3 is 27.8 Å². The Bertz CT molecular complexity index is 1160. The Morgan fingerprint density at radius 1 is 0.788 bits per heavy atom. The van der Waals surface area contributed by atoms with Gasteiger partial charge >= 0.3 is 6.18 Å². The SMILES string of the molecule is Cl.NC(N)=Nc1cccc(Nc2ccc(N=C(N)Nc3ccc(Cl)c(C(F)(F)F)c3)cc2)c1. The molecule has 33 heavy (non-hydrogen) atoms. The predicted octanol–water partition coefficient (Wildman–Crippen LogP) is 5.49. The number of halogens is 5. The highest BCUT2D eigenvalue weighted by Crippen LogP contribution is 2.36. The average molecular weight is 498 g/mol. The van der Waals surface area contributed by atoms with E-state index in [1.54, 1.807) is 42.5 Å². The zero-order valence-corrected chi connectivity index (χ0v) is 18.5. The fraction of sp³-hybridized carbons (Fsp3) is 0.0476. The second-order valence-electron chi connectivity index (χ2n) is 6.57. The first-order valence-electron chi connectivity index (χ1n) is 9.15. The molecule has 0 aliphatic heterocycles. The van der Waals surface area contributed by atoms with Crippen molar-refractivity contribution >= 4 is 64.4 Å². The van der Waals surface area contributed by atoms with Gasteiger partial charge in [-0.05, 0) is 60.7 Å². The summed E-state index contributed by atoms with van der Waals surface area (Å²) < 4.78 is 39.0. The Labute approximate surface area is 199 Å². The molecular formula is C21H20Cl2F3N7. The summed E-state index contributed by atoms with van der Waals surface area (Å²) in [6.45, 7) is 0. The first-order chi connectivity index (χ1) is 15.1. The maximum atomic E-state index is 13.0. The molecule has 3 aromatic carbocycles. The highest BCUT2D eigenvalue weighted by Gasteiger charge is 2.33. The molecule has 0 spiro atoms. The van der Waals surface area contributed by atoms with E-state index in [4.69, 9.17) is 28.8 Å². The molecule has 174 valence electrons. The number of nitrogens with one attached hydrogen (secondary N) is 2. The summed E-state index contributed by atoms with van der Waals surface area (Å²) >= 11 is 5.62. The lowest BCUT2D eigenvalue weighted by atomic mass is 10.2. The third-order valence-electron chi connectivity index (χ3n) is 4.05. The summed E-state index contributed by atoms with van der Waals surface area (Å²) in [7, 11) is 0. The molecule has 0 heterocycles. The van der Waals surface area contributed by atoms with Gasteiger partial charge in [0.05, 0.1) is 22.0 Å². The Morgan fingerprint density at radius 2 is 1.45 bits per heavy atom. The number of rotatable bonds is 5. The highest BCUT2D eigenvalue weighted by atomic mass is 35.5. The molecule has 3 rings (SSSR count). The molecular weight excluding hydrogens is 478 g/mol. The van der Waals surface area contributed by atoms with E-state index in [0.29, 0.717) is 11.4 Å². The molecule has 0 saturated carbocycles. The molecule has 7 nitrogen and oxygen atoms in total. The number of guanidine groups is 2. The van der Waals surface area contributed by atoms with Crippen LogP contribution in [-0.4, -0.2) is 11.9 Å². The average Bonchev–Trinajstić information content (AvgIpc) is 2.70. The second-order valence-corrected chi connectivity index (χ2v) is 6.98. The Kier molecular flexibility index (Phi) is 8.38. The second kappa shape index (κ2) is 10.8. The van der Waals surface area contributed by atoms with Gasteiger partial charge in [-0.3, -0.25) is 0 Å². The molecule has 0 amide bonds. The van der Waals surface area contributed by atoms with E-state index in [1.807, 2.05) is 6.07 Å². The summed E-state index contributed by atoms with van der Waals surface area (Å²) in [4.78, 5) is 8.15. The topological polar surface area (TPSA) is 127 Å². The van der Waals surface area contributed by atoms with Crippen LogP contribution in [0.2, 0.25) is 5.02 Å². The van der Waals surface area contributed by atoms with Crippen molar-refractivity contribution in [2.45, 2.75) is 6.18 Å². The zero-order valence-electron chi connectivity index (χ0n) is 16.9. The summed E-state index contributed by atoms with van der Waals surface area (Å²) in [6.07, 6.45) is -4.58. The largest absolute Gasteiger partial charge is 0.417 e. The Hall–Kier alpha value is -3.63. The van der Waals surface area contributed by atoms with Crippen LogP contribution in [0.3, 0.4) is 0 Å². The lowest BCUT2D eigenvalue weighted by Gasteiger charge is -2.12. The van der Waals surface area contributed by atoms with Crippen molar-refractivity contribution in [2.24, 2.45) is 27.2 Å². The number of hydrogen-bond acceptors (Lipinski definition) is 3. The minimum atomic E-state index is -4.58. The summed E-state index contributed by atoms with van der Waals surface area (Å²) in [5.41, 5.74) is 18.4. The fourth-order valence-corrected chi connectivity index (χ4v) is 2.95. The molecule has 8 N–H and O–H groups in total. The van der Waals surface area contributed by atoms with Crippen LogP contribution in [0.15, 0.2) is 76.7 Å². The molecule has 0 radical (unpaired) electrons. The van der Waals surface area contributed by atoms with Crippen LogP contribution in [0.4, 0.5) is 41.6 Å². The Balaban J connectivity index is 0.00000385. The van der Waals surface area contributed by atoms with E-state index in [0.717, 1.165) is 23.5 Å². The molecule has 0 unspecified atom stereocenters. The number of anilines is 3. The van der Waals surface area contributed by atoms with Crippen molar-refractivity contribution < 1.29 is 13.2 Å². The third kappa shape index (κ3) is 7.48. The van der Waals surface area contributed by atoms with Gasteiger partial charge in [-0.25, -0.2) is 9.98 Å². The van der Waals surface area contributed by atoms with Crippen molar-refractivity contribution in [1.29, 1.82) is 0 Å². The standard InChI is InChI=1S/C21H19ClF3N7.ClH/c22-18-9-8-16(11-17(18)21(23,24)25)32-20(28)31-13-6-4-12(5-7-13)29-14-2-1-3-15(10-14)30-19(26)27;/h1-11,29H,(H4,26,27,30)(H3,28,31,32);1H.